The normalized spacial score (nSPS) is 20.3. The van der Waals surface area contributed by atoms with Gasteiger partial charge in [0.2, 0.25) is 11.9 Å². The predicted molar refractivity (Wildman–Crippen MR) is 145 cm³/mol. The third-order valence-corrected chi connectivity index (χ3v) is 8.43. The number of methoxy groups -OCH3 is 1. The summed E-state index contributed by atoms with van der Waals surface area (Å²) in [6, 6.07) is 9.87. The molecule has 1 aliphatic carbocycles. The number of ether oxygens (including phenoxy) is 2. The average molecular weight is 542 g/mol. The summed E-state index contributed by atoms with van der Waals surface area (Å²) >= 11 is 0. The highest BCUT2D eigenvalue weighted by Gasteiger charge is 2.36. The lowest BCUT2D eigenvalue weighted by molar-refractivity contribution is -0.148. The van der Waals surface area contributed by atoms with Crippen molar-refractivity contribution in [3.05, 3.63) is 42.7 Å². The van der Waals surface area contributed by atoms with E-state index in [2.05, 4.69) is 10.3 Å². The van der Waals surface area contributed by atoms with Crippen LogP contribution in [0.5, 0.6) is 5.75 Å². The number of likely N-dealkylation sites (tertiary alicyclic amines) is 1. The van der Waals surface area contributed by atoms with Crippen molar-refractivity contribution in [3.8, 4) is 11.6 Å². The Labute approximate surface area is 223 Å². The minimum Gasteiger partial charge on any atom is -0.493 e. The maximum Gasteiger partial charge on any atom is 0.225 e. The van der Waals surface area contributed by atoms with Gasteiger partial charge in [0, 0.05) is 56.2 Å². The van der Waals surface area contributed by atoms with E-state index in [0.717, 1.165) is 42.4 Å². The van der Waals surface area contributed by atoms with E-state index >= 15 is 0 Å². The molecule has 1 aliphatic heterocycles. The monoisotopic (exact) mass is 541 g/mol. The van der Waals surface area contributed by atoms with E-state index in [1.165, 1.54) is 6.26 Å². The molecule has 3 aromatic rings. The first kappa shape index (κ1) is 26.4. The van der Waals surface area contributed by atoms with Crippen molar-refractivity contribution >= 4 is 32.6 Å². The van der Waals surface area contributed by atoms with Crippen LogP contribution >= 0.6 is 0 Å². The lowest BCUT2D eigenvalue weighted by atomic mass is 9.84. The van der Waals surface area contributed by atoms with E-state index in [-0.39, 0.29) is 29.7 Å². The second kappa shape index (κ2) is 11.3. The van der Waals surface area contributed by atoms with Crippen LogP contribution in [0.4, 0.5) is 5.95 Å². The minimum atomic E-state index is -3.01. The Hall–Kier alpha value is -3.18. The molecule has 0 radical (unpaired) electrons. The molecule has 11 heteroatoms. The molecule has 0 bridgehead atoms. The maximum absolute atomic E-state index is 12.7. The van der Waals surface area contributed by atoms with E-state index in [1.807, 2.05) is 46.0 Å². The fourth-order valence-electron chi connectivity index (χ4n) is 5.21. The number of benzene rings is 1. The van der Waals surface area contributed by atoms with Crippen LogP contribution in [0.2, 0.25) is 0 Å². The number of hydrogen-bond donors (Lipinski definition) is 1. The SMILES string of the molecule is COC1CN(C(=O)C2CCC(Nc3nccc(-n4ccc5c(OCCCS(C)(=O)=O)cccc54)n3)CC2)C1. The number of aromatic nitrogens is 3. The highest BCUT2D eigenvalue weighted by atomic mass is 32.2. The number of hydrogen-bond acceptors (Lipinski definition) is 8. The Bertz CT molecular complexity index is 1380. The molecule has 2 fully saturated rings. The Morgan fingerprint density at radius 3 is 2.66 bits per heavy atom. The van der Waals surface area contributed by atoms with Gasteiger partial charge in [-0.25, -0.2) is 13.4 Å². The van der Waals surface area contributed by atoms with Crippen LogP contribution in [0.1, 0.15) is 32.1 Å². The van der Waals surface area contributed by atoms with Crippen molar-refractivity contribution in [1.82, 2.24) is 19.4 Å². The van der Waals surface area contributed by atoms with Crippen LogP contribution in [0.25, 0.3) is 16.7 Å². The van der Waals surface area contributed by atoms with Crippen LogP contribution in [0.15, 0.2) is 42.7 Å². The molecule has 0 atom stereocenters. The maximum atomic E-state index is 12.7. The smallest absolute Gasteiger partial charge is 0.225 e. The lowest BCUT2D eigenvalue weighted by Crippen LogP contribution is -2.56. The van der Waals surface area contributed by atoms with Gasteiger partial charge >= 0.3 is 0 Å². The van der Waals surface area contributed by atoms with Crippen molar-refractivity contribution in [1.29, 1.82) is 0 Å². The van der Waals surface area contributed by atoms with Crippen molar-refractivity contribution in [2.24, 2.45) is 5.92 Å². The lowest BCUT2D eigenvalue weighted by Gasteiger charge is -2.41. The average Bonchev–Trinajstić information content (AvgIpc) is 3.31. The summed E-state index contributed by atoms with van der Waals surface area (Å²) in [4.78, 5) is 23.8. The molecule has 1 aromatic carbocycles. The molecule has 1 N–H and O–H groups in total. The molecular weight excluding hydrogens is 506 g/mol. The van der Waals surface area contributed by atoms with Gasteiger partial charge in [-0.2, -0.15) is 4.98 Å². The first-order valence-electron chi connectivity index (χ1n) is 13.1. The standard InChI is InChI=1S/C27H35N5O5S/c1-36-21-17-31(18-21)26(33)19-7-9-20(10-8-19)29-27-28-13-11-25(30-27)32-14-12-22-23(32)5-3-6-24(22)37-15-4-16-38(2,34)35/h3,5-6,11-14,19-21H,4,7-10,15-18H2,1-2H3,(H,28,29,30). The molecule has 2 aromatic heterocycles. The first-order chi connectivity index (χ1) is 18.3. The van der Waals surface area contributed by atoms with Crippen LogP contribution < -0.4 is 10.1 Å². The Morgan fingerprint density at radius 2 is 1.92 bits per heavy atom. The number of carbonyl (C=O) groups is 1. The molecule has 3 heterocycles. The number of nitrogens with zero attached hydrogens (tertiary/aromatic N) is 4. The topological polar surface area (TPSA) is 116 Å². The van der Waals surface area contributed by atoms with Crippen LogP contribution in [-0.2, 0) is 19.4 Å². The van der Waals surface area contributed by atoms with Gasteiger partial charge in [-0.3, -0.25) is 4.79 Å². The number of carbonyl (C=O) groups excluding carboxylic acids is 1. The van der Waals surface area contributed by atoms with E-state index < -0.39 is 9.84 Å². The molecule has 1 amide bonds. The molecule has 0 unspecified atom stereocenters. The largest absolute Gasteiger partial charge is 0.493 e. The van der Waals surface area contributed by atoms with E-state index in [0.29, 0.717) is 37.8 Å². The zero-order valence-electron chi connectivity index (χ0n) is 21.9. The number of anilines is 1. The Balaban J connectivity index is 1.20. The number of amides is 1. The van der Waals surface area contributed by atoms with Crippen LogP contribution in [0.3, 0.4) is 0 Å². The molecule has 5 rings (SSSR count). The second-order valence-corrected chi connectivity index (χ2v) is 12.5. The summed E-state index contributed by atoms with van der Waals surface area (Å²) in [6.07, 6.45) is 9.07. The van der Waals surface area contributed by atoms with Crippen molar-refractivity contribution in [3.63, 3.8) is 0 Å². The highest BCUT2D eigenvalue weighted by molar-refractivity contribution is 7.90. The molecule has 10 nitrogen and oxygen atoms in total. The fourth-order valence-corrected chi connectivity index (χ4v) is 5.86. The van der Waals surface area contributed by atoms with E-state index in [4.69, 9.17) is 14.5 Å². The first-order valence-corrected chi connectivity index (χ1v) is 15.2. The minimum absolute atomic E-state index is 0.0899. The van der Waals surface area contributed by atoms with Gasteiger partial charge in [0.25, 0.3) is 0 Å². The van der Waals surface area contributed by atoms with Gasteiger partial charge in [-0.05, 0) is 56.4 Å². The van der Waals surface area contributed by atoms with Crippen molar-refractivity contribution in [2.45, 2.75) is 44.2 Å². The van der Waals surface area contributed by atoms with Gasteiger partial charge in [0.15, 0.2) is 0 Å². The van der Waals surface area contributed by atoms with Gasteiger partial charge in [-0.1, -0.05) is 6.07 Å². The number of fused-ring (bicyclic) bond motifs is 1. The summed E-state index contributed by atoms with van der Waals surface area (Å²) in [6.45, 7) is 1.75. The van der Waals surface area contributed by atoms with Crippen molar-refractivity contribution < 1.29 is 22.7 Å². The Kier molecular flexibility index (Phi) is 7.85. The van der Waals surface area contributed by atoms with E-state index in [1.54, 1.807) is 13.3 Å². The van der Waals surface area contributed by atoms with Crippen molar-refractivity contribution in [2.75, 3.05) is 44.1 Å². The third kappa shape index (κ3) is 6.10. The molecule has 204 valence electrons. The van der Waals surface area contributed by atoms with Gasteiger partial charge in [0.1, 0.15) is 21.4 Å². The van der Waals surface area contributed by atoms with Crippen LogP contribution in [-0.4, -0.2) is 84.7 Å². The second-order valence-electron chi connectivity index (χ2n) is 10.2. The molecule has 1 saturated carbocycles. The quantitative estimate of drug-likeness (QED) is 0.390. The summed E-state index contributed by atoms with van der Waals surface area (Å²) in [5.41, 5.74) is 0.941. The summed E-state index contributed by atoms with van der Waals surface area (Å²) in [7, 11) is -1.31. The van der Waals surface area contributed by atoms with Gasteiger partial charge < -0.3 is 24.3 Å². The van der Waals surface area contributed by atoms with Gasteiger partial charge in [-0.15, -0.1) is 0 Å². The fraction of sp³-hybridized carbons (Fsp3) is 0.519. The van der Waals surface area contributed by atoms with Gasteiger partial charge in [0.05, 0.1) is 24.0 Å². The highest BCUT2D eigenvalue weighted by Crippen LogP contribution is 2.31. The number of rotatable bonds is 10. The third-order valence-electron chi connectivity index (χ3n) is 7.40. The van der Waals surface area contributed by atoms with Crippen LogP contribution in [0, 0.1) is 5.92 Å². The molecule has 1 saturated heterocycles. The summed E-state index contributed by atoms with van der Waals surface area (Å²) < 4.78 is 35.9. The zero-order valence-corrected chi connectivity index (χ0v) is 22.7. The molecular formula is C27H35N5O5S. The predicted octanol–water partition coefficient (Wildman–Crippen LogP) is 3.06. The Morgan fingerprint density at radius 1 is 1.13 bits per heavy atom. The van der Waals surface area contributed by atoms with E-state index in [9.17, 15) is 13.2 Å². The molecule has 38 heavy (non-hydrogen) atoms. The molecule has 0 spiro atoms. The summed E-state index contributed by atoms with van der Waals surface area (Å²) in [5.74, 6) is 2.47. The zero-order chi connectivity index (χ0) is 26.7. The number of nitrogens with one attached hydrogen (secondary N) is 1. The number of sulfone groups is 1. The molecule has 2 aliphatic rings. The summed E-state index contributed by atoms with van der Waals surface area (Å²) in [5, 5.41) is 4.40.